The fraction of sp³-hybridized carbons (Fsp3) is 0.318. The summed E-state index contributed by atoms with van der Waals surface area (Å²) in [5.41, 5.74) is 1.99. The zero-order chi connectivity index (χ0) is 20.8. The third-order valence-corrected chi connectivity index (χ3v) is 4.46. The molecule has 0 aliphatic carbocycles. The minimum atomic E-state index is -0.619. The summed E-state index contributed by atoms with van der Waals surface area (Å²) in [6, 6.07) is 15.0. The first-order valence-corrected chi connectivity index (χ1v) is 9.45. The molecular weight excluding hydrogens is 370 g/mol. The number of nitrogens with zero attached hydrogens (tertiary/aromatic N) is 3. The molecule has 0 N–H and O–H groups in total. The highest BCUT2D eigenvalue weighted by Crippen LogP contribution is 2.22. The van der Waals surface area contributed by atoms with E-state index in [0.717, 1.165) is 11.1 Å². The van der Waals surface area contributed by atoms with Crippen LogP contribution in [0.3, 0.4) is 0 Å². The van der Waals surface area contributed by atoms with Crippen LogP contribution in [0.15, 0.2) is 53.1 Å². The number of likely N-dealkylation sites (N-methyl/N-ethyl adjacent to an activating group) is 1. The van der Waals surface area contributed by atoms with Crippen LogP contribution in [0, 0.1) is 6.92 Å². The molecule has 3 rings (SSSR count). The van der Waals surface area contributed by atoms with Gasteiger partial charge in [0, 0.05) is 18.7 Å². The van der Waals surface area contributed by atoms with Gasteiger partial charge in [0.05, 0.1) is 13.7 Å². The van der Waals surface area contributed by atoms with Gasteiger partial charge >= 0.3 is 0 Å². The minimum Gasteiger partial charge on any atom is -0.497 e. The second-order valence-corrected chi connectivity index (χ2v) is 6.77. The lowest BCUT2D eigenvalue weighted by molar-refractivity contribution is -0.138. The molecule has 7 heteroatoms. The van der Waals surface area contributed by atoms with E-state index in [0.29, 0.717) is 29.6 Å². The topological polar surface area (TPSA) is 77.7 Å². The van der Waals surface area contributed by atoms with Crippen molar-refractivity contribution in [3.63, 3.8) is 0 Å². The molecule has 2 aromatic carbocycles. The second-order valence-electron chi connectivity index (χ2n) is 6.77. The molecule has 0 spiro atoms. The third kappa shape index (κ3) is 5.13. The molecule has 0 fully saturated rings. The minimum absolute atomic E-state index is 0.161. The Morgan fingerprint density at radius 2 is 1.93 bits per heavy atom. The van der Waals surface area contributed by atoms with Gasteiger partial charge in [-0.25, -0.2) is 0 Å². The number of hydrogen-bond acceptors (Lipinski definition) is 6. The van der Waals surface area contributed by atoms with Crippen molar-refractivity contribution in [1.29, 1.82) is 0 Å². The molecule has 7 nitrogen and oxygen atoms in total. The van der Waals surface area contributed by atoms with Crippen LogP contribution in [0.5, 0.6) is 11.5 Å². The Hall–Kier alpha value is -3.35. The van der Waals surface area contributed by atoms with Gasteiger partial charge in [-0.3, -0.25) is 4.79 Å². The first-order chi connectivity index (χ1) is 14.0. The molecule has 0 aliphatic rings. The number of ether oxygens (including phenoxy) is 2. The molecule has 0 aliphatic heterocycles. The predicted molar refractivity (Wildman–Crippen MR) is 109 cm³/mol. The van der Waals surface area contributed by atoms with E-state index in [1.807, 2.05) is 50.2 Å². The molecular formula is C22H25N3O4. The van der Waals surface area contributed by atoms with Gasteiger partial charge in [-0.2, -0.15) is 4.98 Å². The summed E-state index contributed by atoms with van der Waals surface area (Å²) in [5, 5.41) is 4.02. The Balaban J connectivity index is 1.66. The van der Waals surface area contributed by atoms with Crippen molar-refractivity contribution in [3.05, 3.63) is 60.0 Å². The van der Waals surface area contributed by atoms with Crippen molar-refractivity contribution >= 4 is 5.91 Å². The quantitative estimate of drug-likeness (QED) is 0.576. The molecule has 1 heterocycles. The summed E-state index contributed by atoms with van der Waals surface area (Å²) in [4.78, 5) is 18.8. The summed E-state index contributed by atoms with van der Waals surface area (Å²) in [5.74, 6) is 1.97. The second kappa shape index (κ2) is 9.23. The zero-order valence-corrected chi connectivity index (χ0v) is 17.1. The van der Waals surface area contributed by atoms with Crippen molar-refractivity contribution in [2.45, 2.75) is 32.9 Å². The lowest BCUT2D eigenvalue weighted by atomic mass is 10.1. The summed E-state index contributed by atoms with van der Waals surface area (Å²) in [6.07, 6.45) is -0.0926. The van der Waals surface area contributed by atoms with Crippen LogP contribution < -0.4 is 9.47 Å². The van der Waals surface area contributed by atoms with E-state index in [4.69, 9.17) is 14.0 Å². The van der Waals surface area contributed by atoms with E-state index in [-0.39, 0.29) is 12.5 Å². The monoisotopic (exact) mass is 395 g/mol. The maximum Gasteiger partial charge on any atom is 0.263 e. The first-order valence-electron chi connectivity index (χ1n) is 9.45. The molecule has 0 bridgehead atoms. The van der Waals surface area contributed by atoms with Gasteiger partial charge in [0.15, 0.2) is 6.10 Å². The average Bonchev–Trinajstić information content (AvgIpc) is 3.20. The Morgan fingerprint density at radius 3 is 2.66 bits per heavy atom. The Morgan fingerprint density at radius 1 is 1.17 bits per heavy atom. The first kappa shape index (κ1) is 20.4. The van der Waals surface area contributed by atoms with E-state index in [1.54, 1.807) is 26.3 Å². The fourth-order valence-corrected chi connectivity index (χ4v) is 2.89. The number of aromatic nitrogens is 2. The summed E-state index contributed by atoms with van der Waals surface area (Å²) >= 11 is 0. The van der Waals surface area contributed by atoms with Crippen LogP contribution in [0.25, 0.3) is 11.4 Å². The molecule has 3 aromatic rings. The van der Waals surface area contributed by atoms with E-state index in [1.165, 1.54) is 4.90 Å². The highest BCUT2D eigenvalue weighted by molar-refractivity contribution is 5.81. The molecule has 0 saturated heterocycles. The lowest BCUT2D eigenvalue weighted by Crippen LogP contribution is -2.39. The maximum absolute atomic E-state index is 12.8. The molecule has 1 amide bonds. The van der Waals surface area contributed by atoms with Gasteiger partial charge in [0.2, 0.25) is 11.7 Å². The van der Waals surface area contributed by atoms with Crippen molar-refractivity contribution in [2.24, 2.45) is 0 Å². The van der Waals surface area contributed by atoms with Gasteiger partial charge in [-0.1, -0.05) is 41.9 Å². The zero-order valence-electron chi connectivity index (χ0n) is 17.1. The number of benzene rings is 2. The Labute approximate surface area is 170 Å². The van der Waals surface area contributed by atoms with Gasteiger partial charge in [-0.15, -0.1) is 0 Å². The number of hydrogen-bond donors (Lipinski definition) is 0. The number of methoxy groups -OCH3 is 1. The molecule has 29 heavy (non-hydrogen) atoms. The van der Waals surface area contributed by atoms with Crippen LogP contribution >= 0.6 is 0 Å². The number of amides is 1. The van der Waals surface area contributed by atoms with Crippen molar-refractivity contribution in [3.8, 4) is 22.9 Å². The number of rotatable bonds is 8. The van der Waals surface area contributed by atoms with Gasteiger partial charge in [0.1, 0.15) is 11.5 Å². The third-order valence-electron chi connectivity index (χ3n) is 4.46. The largest absolute Gasteiger partial charge is 0.497 e. The number of carbonyl (C=O) groups excluding carboxylic acids is 1. The van der Waals surface area contributed by atoms with Crippen LogP contribution in [0.2, 0.25) is 0 Å². The molecule has 1 atom stereocenters. The van der Waals surface area contributed by atoms with Gasteiger partial charge < -0.3 is 18.9 Å². The molecule has 0 radical (unpaired) electrons. The van der Waals surface area contributed by atoms with Crippen LogP contribution in [0.4, 0.5) is 0 Å². The Bertz CT molecular complexity index is 970. The fourth-order valence-electron chi connectivity index (χ4n) is 2.89. The summed E-state index contributed by atoms with van der Waals surface area (Å²) in [6.45, 7) is 4.11. The molecule has 152 valence electrons. The molecule has 0 saturated carbocycles. The van der Waals surface area contributed by atoms with Crippen LogP contribution in [-0.2, 0) is 11.3 Å². The molecule has 0 unspecified atom stereocenters. The number of carbonyl (C=O) groups is 1. The van der Waals surface area contributed by atoms with Crippen LogP contribution in [0.1, 0.15) is 24.8 Å². The lowest BCUT2D eigenvalue weighted by Gasteiger charge is -2.22. The van der Waals surface area contributed by atoms with Gasteiger partial charge in [-0.05, 0) is 31.5 Å². The maximum atomic E-state index is 12.8. The van der Waals surface area contributed by atoms with E-state index in [2.05, 4.69) is 10.1 Å². The number of aryl methyl sites for hydroxylation is 1. The normalized spacial score (nSPS) is 11.7. The Kier molecular flexibility index (Phi) is 6.49. The van der Waals surface area contributed by atoms with Crippen molar-refractivity contribution in [2.75, 3.05) is 14.2 Å². The van der Waals surface area contributed by atoms with Crippen molar-refractivity contribution < 1.29 is 18.8 Å². The summed E-state index contributed by atoms with van der Waals surface area (Å²) < 4.78 is 16.4. The molecule has 1 aromatic heterocycles. The van der Waals surface area contributed by atoms with Gasteiger partial charge in [0.25, 0.3) is 5.91 Å². The SMILES string of the molecule is CC[C@H](Oc1cccc(OC)c1)C(=O)N(C)Cc1nc(-c2cccc(C)c2)no1. The van der Waals surface area contributed by atoms with E-state index in [9.17, 15) is 4.79 Å². The standard InChI is InChI=1S/C22H25N3O4/c1-5-19(28-18-11-7-10-17(13-18)27-4)22(26)25(3)14-20-23-21(24-29-20)16-9-6-8-15(2)12-16/h6-13,19H,5,14H2,1-4H3/t19-/m0/s1. The highest BCUT2D eigenvalue weighted by atomic mass is 16.5. The average molecular weight is 395 g/mol. The highest BCUT2D eigenvalue weighted by Gasteiger charge is 2.24. The van der Waals surface area contributed by atoms with E-state index >= 15 is 0 Å². The van der Waals surface area contributed by atoms with Crippen molar-refractivity contribution in [1.82, 2.24) is 15.0 Å². The van der Waals surface area contributed by atoms with E-state index < -0.39 is 6.10 Å². The smallest absolute Gasteiger partial charge is 0.263 e. The van der Waals surface area contributed by atoms with Crippen LogP contribution in [-0.4, -0.2) is 41.2 Å². The predicted octanol–water partition coefficient (Wildman–Crippen LogP) is 3.87. The summed E-state index contributed by atoms with van der Waals surface area (Å²) in [7, 11) is 3.28.